The highest BCUT2D eigenvalue weighted by Gasteiger charge is 2.37. The minimum absolute atomic E-state index is 0.0172. The van der Waals surface area contributed by atoms with Crippen LogP contribution in [0, 0.1) is 11.6 Å². The predicted octanol–water partition coefficient (Wildman–Crippen LogP) is 5.08. The van der Waals surface area contributed by atoms with E-state index in [9.17, 15) is 13.6 Å². The van der Waals surface area contributed by atoms with Crippen molar-refractivity contribution in [2.24, 2.45) is 0 Å². The largest absolute Gasteiger partial charge is 0.479 e. The number of hydrogen-bond acceptors (Lipinski definition) is 4. The summed E-state index contributed by atoms with van der Waals surface area (Å²) in [7, 11) is -2.14. The maximum absolute atomic E-state index is 14.3. The predicted molar refractivity (Wildman–Crippen MR) is 95.5 cm³/mol. The van der Waals surface area contributed by atoms with Gasteiger partial charge < -0.3 is 13.9 Å². The van der Waals surface area contributed by atoms with E-state index in [4.69, 9.17) is 20.8 Å². The number of halogens is 3. The molecule has 0 saturated heterocycles. The Balaban J connectivity index is 2.94. The first kappa shape index (κ1) is 21.9. The van der Waals surface area contributed by atoms with Gasteiger partial charge in [0, 0.05) is 11.6 Å². The van der Waals surface area contributed by atoms with E-state index >= 15 is 0 Å². The summed E-state index contributed by atoms with van der Waals surface area (Å²) < 4.78 is 44.1. The quantitative estimate of drug-likeness (QED) is 0.367. The fourth-order valence-corrected chi connectivity index (χ4v) is 2.83. The molecule has 0 aliphatic carbocycles. The van der Waals surface area contributed by atoms with E-state index in [1.54, 1.807) is 6.92 Å². The van der Waals surface area contributed by atoms with Crippen LogP contribution in [0.2, 0.25) is 23.2 Å². The first-order chi connectivity index (χ1) is 11.4. The minimum atomic E-state index is -2.14. The molecule has 1 aromatic carbocycles. The molecule has 0 spiro atoms. The Morgan fingerprint density at radius 2 is 1.84 bits per heavy atom. The number of rotatable bonds is 7. The molecule has 0 bridgehead atoms. The van der Waals surface area contributed by atoms with E-state index in [1.807, 2.05) is 33.9 Å². The highest BCUT2D eigenvalue weighted by molar-refractivity contribution is 6.74. The Kier molecular flexibility index (Phi) is 7.40. The summed E-state index contributed by atoms with van der Waals surface area (Å²) in [5.41, 5.74) is -0.0625. The lowest BCUT2D eigenvalue weighted by Gasteiger charge is -2.36. The monoisotopic (exact) mass is 394 g/mol. The van der Waals surface area contributed by atoms with Crippen molar-refractivity contribution in [1.82, 2.24) is 0 Å². The molecule has 0 aliphatic heterocycles. The molecule has 0 N–H and O–H groups in total. The number of ether oxygens (including phenoxy) is 2. The molecule has 1 aromatic rings. The summed E-state index contributed by atoms with van der Waals surface area (Å²) in [6.07, 6.45) is 0. The molecule has 142 valence electrons. The smallest absolute Gasteiger partial charge is 0.344 e. The SMILES string of the molecule is CCOC(=O)COc1cc(Cl)c(CO[Si](C)(C)C(C)(C)C)c(F)c1F. The summed E-state index contributed by atoms with van der Waals surface area (Å²) in [5, 5.41) is -0.0894. The summed E-state index contributed by atoms with van der Waals surface area (Å²) in [5.74, 6) is -3.46. The number of carbonyl (C=O) groups excluding carboxylic acids is 1. The molecule has 0 atom stereocenters. The second-order valence-electron chi connectivity index (χ2n) is 7.11. The van der Waals surface area contributed by atoms with Crippen LogP contribution in [0.25, 0.3) is 0 Å². The van der Waals surface area contributed by atoms with Crippen molar-refractivity contribution in [2.75, 3.05) is 13.2 Å². The summed E-state index contributed by atoms with van der Waals surface area (Å²) in [6, 6.07) is 1.14. The number of benzene rings is 1. The van der Waals surface area contributed by atoms with Crippen LogP contribution in [0.1, 0.15) is 33.3 Å². The topological polar surface area (TPSA) is 44.8 Å². The summed E-state index contributed by atoms with van der Waals surface area (Å²) in [4.78, 5) is 11.3. The molecule has 0 radical (unpaired) electrons. The maximum Gasteiger partial charge on any atom is 0.344 e. The number of hydrogen-bond donors (Lipinski definition) is 0. The van der Waals surface area contributed by atoms with Crippen molar-refractivity contribution in [3.8, 4) is 5.75 Å². The van der Waals surface area contributed by atoms with Crippen molar-refractivity contribution in [1.29, 1.82) is 0 Å². The fraction of sp³-hybridized carbons (Fsp3) is 0.588. The van der Waals surface area contributed by atoms with Crippen LogP contribution in [0.3, 0.4) is 0 Å². The van der Waals surface area contributed by atoms with E-state index < -0.39 is 38.3 Å². The van der Waals surface area contributed by atoms with Gasteiger partial charge in [-0.05, 0) is 25.1 Å². The van der Waals surface area contributed by atoms with Crippen molar-refractivity contribution >= 4 is 25.9 Å². The van der Waals surface area contributed by atoms with Crippen LogP contribution < -0.4 is 4.74 Å². The zero-order valence-corrected chi connectivity index (χ0v) is 17.2. The molecule has 8 heteroatoms. The molecule has 0 unspecified atom stereocenters. The highest BCUT2D eigenvalue weighted by Crippen LogP contribution is 2.38. The van der Waals surface area contributed by atoms with Gasteiger partial charge in [0.2, 0.25) is 5.82 Å². The second-order valence-corrected chi connectivity index (χ2v) is 12.3. The van der Waals surface area contributed by atoms with E-state index in [0.717, 1.165) is 6.07 Å². The van der Waals surface area contributed by atoms with Gasteiger partial charge in [0.05, 0.1) is 18.2 Å². The molecular formula is C17H25ClF2O4Si. The second kappa shape index (κ2) is 8.47. The third kappa shape index (κ3) is 5.65. The van der Waals surface area contributed by atoms with Crippen molar-refractivity contribution in [3.63, 3.8) is 0 Å². The molecule has 1 rings (SSSR count). The fourth-order valence-electron chi connectivity index (χ4n) is 1.66. The molecule has 0 aliphatic rings. The lowest BCUT2D eigenvalue weighted by atomic mass is 10.2. The van der Waals surface area contributed by atoms with Crippen LogP contribution in [-0.2, 0) is 20.6 Å². The Hall–Kier alpha value is -1.18. The highest BCUT2D eigenvalue weighted by atomic mass is 35.5. The molecule has 4 nitrogen and oxygen atoms in total. The standard InChI is InChI=1S/C17H25ClF2O4Si/c1-7-22-14(21)10-23-13-8-12(18)11(15(19)16(13)20)9-24-25(5,6)17(2,3)4/h8H,7,9-10H2,1-6H3. The average molecular weight is 395 g/mol. The van der Waals surface area contributed by atoms with Gasteiger partial charge in [-0.25, -0.2) is 9.18 Å². The molecular weight excluding hydrogens is 370 g/mol. The number of carbonyl (C=O) groups is 1. The lowest BCUT2D eigenvalue weighted by Crippen LogP contribution is -2.40. The summed E-state index contributed by atoms with van der Waals surface area (Å²) >= 11 is 6.06. The first-order valence-electron chi connectivity index (χ1n) is 7.99. The van der Waals surface area contributed by atoms with Crippen LogP contribution in [0.4, 0.5) is 8.78 Å². The third-order valence-corrected chi connectivity index (χ3v) is 9.07. The molecule has 0 heterocycles. The van der Waals surface area contributed by atoms with Gasteiger partial charge in [-0.1, -0.05) is 32.4 Å². The Morgan fingerprint density at radius 1 is 1.24 bits per heavy atom. The van der Waals surface area contributed by atoms with Gasteiger partial charge in [0.15, 0.2) is 26.5 Å². The van der Waals surface area contributed by atoms with Gasteiger partial charge in [0.25, 0.3) is 0 Å². The van der Waals surface area contributed by atoms with E-state index in [2.05, 4.69) is 4.74 Å². The lowest BCUT2D eigenvalue weighted by molar-refractivity contribution is -0.145. The average Bonchev–Trinajstić information content (AvgIpc) is 2.48. The van der Waals surface area contributed by atoms with E-state index in [1.165, 1.54) is 0 Å². The Morgan fingerprint density at radius 3 is 2.36 bits per heavy atom. The van der Waals surface area contributed by atoms with Crippen LogP contribution >= 0.6 is 11.6 Å². The van der Waals surface area contributed by atoms with Gasteiger partial charge in [0.1, 0.15) is 0 Å². The van der Waals surface area contributed by atoms with Crippen LogP contribution in [0.15, 0.2) is 6.07 Å². The molecule has 0 amide bonds. The third-order valence-electron chi connectivity index (χ3n) is 4.25. The zero-order valence-electron chi connectivity index (χ0n) is 15.5. The molecule has 0 aromatic heterocycles. The first-order valence-corrected chi connectivity index (χ1v) is 11.3. The Labute approximate surface area is 153 Å². The summed E-state index contributed by atoms with van der Waals surface area (Å²) in [6.45, 7) is 11.3. The van der Waals surface area contributed by atoms with Gasteiger partial charge in [-0.2, -0.15) is 4.39 Å². The van der Waals surface area contributed by atoms with Crippen molar-refractivity contribution in [2.45, 2.75) is 52.4 Å². The molecule has 0 saturated carbocycles. The maximum atomic E-state index is 14.3. The number of esters is 1. The van der Waals surface area contributed by atoms with Gasteiger partial charge in [-0.15, -0.1) is 0 Å². The van der Waals surface area contributed by atoms with Gasteiger partial charge in [-0.3, -0.25) is 0 Å². The normalized spacial score (nSPS) is 12.2. The molecule has 25 heavy (non-hydrogen) atoms. The van der Waals surface area contributed by atoms with Crippen LogP contribution in [0.5, 0.6) is 5.75 Å². The Bertz CT molecular complexity index is 630. The zero-order chi connectivity index (χ0) is 19.4. The molecule has 0 fully saturated rings. The minimum Gasteiger partial charge on any atom is -0.479 e. The van der Waals surface area contributed by atoms with E-state index in [-0.39, 0.29) is 28.8 Å². The van der Waals surface area contributed by atoms with Gasteiger partial charge >= 0.3 is 5.97 Å². The van der Waals surface area contributed by atoms with E-state index in [0.29, 0.717) is 0 Å². The van der Waals surface area contributed by atoms with Crippen LogP contribution in [-0.4, -0.2) is 27.5 Å². The van der Waals surface area contributed by atoms with Crippen molar-refractivity contribution < 1.29 is 27.5 Å². The van der Waals surface area contributed by atoms with Crippen molar-refractivity contribution in [3.05, 3.63) is 28.3 Å².